The molecule has 1 fully saturated rings. The van der Waals surface area contributed by atoms with Crippen molar-refractivity contribution in [2.45, 2.75) is 96.9 Å². The smallest absolute Gasteiger partial charge is 0.333 e. The molecule has 1 N–H and O–H groups in total. The van der Waals surface area contributed by atoms with Gasteiger partial charge in [0, 0.05) is 31.4 Å². The van der Waals surface area contributed by atoms with E-state index in [1.807, 2.05) is 0 Å². The van der Waals surface area contributed by atoms with Crippen LogP contribution in [0, 0.1) is 0 Å². The topological polar surface area (TPSA) is 152 Å². The number of ether oxygens (including phenoxy) is 5. The van der Waals surface area contributed by atoms with Gasteiger partial charge in [0.25, 0.3) is 0 Å². The number of aliphatic carboxylic acids is 1. The summed E-state index contributed by atoms with van der Waals surface area (Å²) in [5, 5.41) is 8.69. The summed E-state index contributed by atoms with van der Waals surface area (Å²) in [6, 6.07) is 0. The monoisotopic (exact) mass is 472 g/mol. The van der Waals surface area contributed by atoms with Gasteiger partial charge in [-0.15, -0.1) is 0 Å². The van der Waals surface area contributed by atoms with E-state index in [2.05, 4.69) is 0 Å². The van der Waals surface area contributed by atoms with Crippen molar-refractivity contribution in [2.24, 2.45) is 0 Å². The lowest BCUT2D eigenvalue weighted by Crippen LogP contribution is -2.61. The molecular weight excluding hydrogens is 440 g/mol. The van der Waals surface area contributed by atoms with Crippen molar-refractivity contribution >= 4 is 29.8 Å². The van der Waals surface area contributed by atoms with Crippen molar-refractivity contribution in [2.75, 3.05) is 0 Å². The van der Waals surface area contributed by atoms with Crippen molar-refractivity contribution in [1.82, 2.24) is 0 Å². The normalized spacial score (nSPS) is 24.7. The van der Waals surface area contributed by atoms with Crippen LogP contribution in [-0.4, -0.2) is 65.7 Å². The van der Waals surface area contributed by atoms with Crippen LogP contribution in [0.3, 0.4) is 0 Å². The summed E-state index contributed by atoms with van der Waals surface area (Å²) in [5.74, 6) is -4.30. The minimum atomic E-state index is -1.53. The van der Waals surface area contributed by atoms with Crippen molar-refractivity contribution in [3.63, 3.8) is 0 Å². The average Bonchev–Trinajstić information content (AvgIpc) is 2.72. The molecule has 1 saturated heterocycles. The van der Waals surface area contributed by atoms with Gasteiger partial charge >= 0.3 is 29.8 Å². The summed E-state index contributed by atoms with van der Waals surface area (Å²) >= 11 is 0. The van der Waals surface area contributed by atoms with Crippen LogP contribution in [0.2, 0.25) is 0 Å². The van der Waals surface area contributed by atoms with Gasteiger partial charge in [0.2, 0.25) is 12.4 Å². The van der Waals surface area contributed by atoms with Crippen LogP contribution in [0.5, 0.6) is 0 Å². The highest BCUT2D eigenvalue weighted by atomic mass is 16.7. The maximum Gasteiger partial charge on any atom is 0.333 e. The van der Waals surface area contributed by atoms with Gasteiger partial charge in [0.1, 0.15) is 0 Å². The predicted molar refractivity (Wildman–Crippen MR) is 112 cm³/mol. The SMILES string of the molecule is CCCC(=O)O[C@@H]1[C@@H](OC(=O)CCC)[C@H](C)O[C@H](OC(=O)/C=C/C(=O)O)[C@@H]1OC(=O)CCC. The Balaban J connectivity index is 3.29. The van der Waals surface area contributed by atoms with Gasteiger partial charge in [-0.1, -0.05) is 20.8 Å². The minimum Gasteiger partial charge on any atom is -0.478 e. The number of hydrogen-bond donors (Lipinski definition) is 1. The third-order valence-electron chi connectivity index (χ3n) is 4.49. The molecule has 33 heavy (non-hydrogen) atoms. The van der Waals surface area contributed by atoms with Gasteiger partial charge < -0.3 is 28.8 Å². The maximum absolute atomic E-state index is 12.3. The minimum absolute atomic E-state index is 0.0293. The van der Waals surface area contributed by atoms with Crippen LogP contribution in [0.15, 0.2) is 12.2 Å². The van der Waals surface area contributed by atoms with E-state index in [9.17, 15) is 24.0 Å². The Morgan fingerprint density at radius 1 is 0.727 bits per heavy atom. The molecule has 0 aromatic carbocycles. The first kappa shape index (κ1) is 28.1. The molecule has 0 unspecified atom stereocenters. The van der Waals surface area contributed by atoms with E-state index in [0.717, 1.165) is 0 Å². The second-order valence-electron chi connectivity index (χ2n) is 7.43. The summed E-state index contributed by atoms with van der Waals surface area (Å²) in [5.41, 5.74) is 0. The quantitative estimate of drug-likeness (QED) is 0.252. The summed E-state index contributed by atoms with van der Waals surface area (Å²) in [6.45, 7) is 6.83. The lowest BCUT2D eigenvalue weighted by molar-refractivity contribution is -0.293. The third kappa shape index (κ3) is 9.60. The van der Waals surface area contributed by atoms with Gasteiger partial charge in [-0.05, 0) is 26.2 Å². The molecule has 0 aliphatic carbocycles. The van der Waals surface area contributed by atoms with E-state index in [4.69, 9.17) is 28.8 Å². The Morgan fingerprint density at radius 3 is 1.64 bits per heavy atom. The van der Waals surface area contributed by atoms with Crippen molar-refractivity contribution < 1.29 is 52.8 Å². The molecule has 0 aromatic heterocycles. The molecular formula is C22H32O11. The number of carbonyl (C=O) groups excluding carboxylic acids is 4. The first-order chi connectivity index (χ1) is 15.6. The van der Waals surface area contributed by atoms with E-state index in [1.165, 1.54) is 6.92 Å². The molecule has 1 rings (SSSR count). The number of hydrogen-bond acceptors (Lipinski definition) is 10. The largest absolute Gasteiger partial charge is 0.478 e. The summed E-state index contributed by atoms with van der Waals surface area (Å²) in [7, 11) is 0. The molecule has 0 spiro atoms. The van der Waals surface area contributed by atoms with Crippen LogP contribution in [0.25, 0.3) is 0 Å². The van der Waals surface area contributed by atoms with Crippen LogP contribution in [-0.2, 0) is 47.7 Å². The van der Waals surface area contributed by atoms with E-state index < -0.39 is 60.6 Å². The van der Waals surface area contributed by atoms with Crippen molar-refractivity contribution in [3.8, 4) is 0 Å². The number of carbonyl (C=O) groups is 5. The lowest BCUT2D eigenvalue weighted by atomic mass is 9.98. The highest BCUT2D eigenvalue weighted by Crippen LogP contribution is 2.30. The molecule has 0 amide bonds. The first-order valence-electron chi connectivity index (χ1n) is 11.0. The van der Waals surface area contributed by atoms with Gasteiger partial charge in [-0.25, -0.2) is 9.59 Å². The average molecular weight is 472 g/mol. The molecule has 1 aliphatic heterocycles. The molecule has 1 heterocycles. The molecule has 11 heteroatoms. The fourth-order valence-electron chi connectivity index (χ4n) is 3.03. The molecule has 0 aromatic rings. The Kier molecular flexibility index (Phi) is 12.1. The highest BCUT2D eigenvalue weighted by Gasteiger charge is 2.52. The second kappa shape index (κ2) is 14.2. The zero-order chi connectivity index (χ0) is 25.0. The summed E-state index contributed by atoms with van der Waals surface area (Å²) in [4.78, 5) is 59.5. The molecule has 0 bridgehead atoms. The van der Waals surface area contributed by atoms with E-state index in [0.29, 0.717) is 31.4 Å². The fraction of sp³-hybridized carbons (Fsp3) is 0.682. The van der Waals surface area contributed by atoms with Crippen LogP contribution < -0.4 is 0 Å². The Morgan fingerprint density at radius 2 is 1.18 bits per heavy atom. The molecule has 5 atom stereocenters. The molecule has 186 valence electrons. The number of carboxylic acid groups (broad SMARTS) is 1. The fourth-order valence-corrected chi connectivity index (χ4v) is 3.03. The third-order valence-corrected chi connectivity index (χ3v) is 4.49. The van der Waals surface area contributed by atoms with Crippen LogP contribution in [0.1, 0.15) is 66.2 Å². The first-order valence-corrected chi connectivity index (χ1v) is 11.0. The zero-order valence-corrected chi connectivity index (χ0v) is 19.3. The molecule has 1 aliphatic rings. The van der Waals surface area contributed by atoms with E-state index in [-0.39, 0.29) is 19.3 Å². The number of esters is 4. The number of carboxylic acids is 1. The lowest BCUT2D eigenvalue weighted by Gasteiger charge is -2.43. The predicted octanol–water partition coefficient (Wildman–Crippen LogP) is 2.05. The van der Waals surface area contributed by atoms with Crippen LogP contribution >= 0.6 is 0 Å². The highest BCUT2D eigenvalue weighted by molar-refractivity contribution is 5.90. The number of rotatable bonds is 12. The van der Waals surface area contributed by atoms with Gasteiger partial charge in [-0.2, -0.15) is 0 Å². The van der Waals surface area contributed by atoms with Crippen LogP contribution in [0.4, 0.5) is 0 Å². The standard InChI is InChI=1S/C22H32O11/c1-5-8-15(25)30-19-13(4)29-22(33-18(28)12-11-14(23)24)21(32-17(27)10-7-3)20(19)31-16(26)9-6-2/h11-13,19-22H,5-10H2,1-4H3,(H,23,24)/b12-11+/t13-,19-,20+,21+,22+/m0/s1. The van der Waals surface area contributed by atoms with E-state index in [1.54, 1.807) is 20.8 Å². The van der Waals surface area contributed by atoms with Crippen molar-refractivity contribution in [1.29, 1.82) is 0 Å². The maximum atomic E-state index is 12.3. The van der Waals surface area contributed by atoms with E-state index >= 15 is 0 Å². The molecule has 0 radical (unpaired) electrons. The Hall–Kier alpha value is -2.95. The van der Waals surface area contributed by atoms with Gasteiger partial charge in [0.15, 0.2) is 12.2 Å². The Bertz CT molecular complexity index is 730. The summed E-state index contributed by atoms with van der Waals surface area (Å²) in [6.07, 6.45) is -3.44. The molecule has 0 saturated carbocycles. The summed E-state index contributed by atoms with van der Waals surface area (Å²) < 4.78 is 27.2. The van der Waals surface area contributed by atoms with Gasteiger partial charge in [0.05, 0.1) is 6.10 Å². The molecule has 11 nitrogen and oxygen atoms in total. The van der Waals surface area contributed by atoms with Gasteiger partial charge in [-0.3, -0.25) is 14.4 Å². The zero-order valence-electron chi connectivity index (χ0n) is 19.3. The van der Waals surface area contributed by atoms with Crippen molar-refractivity contribution in [3.05, 3.63) is 12.2 Å². The second-order valence-corrected chi connectivity index (χ2v) is 7.43. The Labute approximate surface area is 192 Å².